The number of non-ortho nitro benzene ring substituents is 1. The molecular formula is C35H46N6O7. The lowest BCUT2D eigenvalue weighted by molar-refractivity contribution is -0.384. The predicted molar refractivity (Wildman–Crippen MR) is 180 cm³/mol. The Morgan fingerprint density at radius 1 is 1.12 bits per heavy atom. The lowest BCUT2D eigenvalue weighted by Gasteiger charge is -2.41. The van der Waals surface area contributed by atoms with E-state index in [4.69, 9.17) is 15.2 Å². The third-order valence-electron chi connectivity index (χ3n) is 9.02. The second-order valence-electron chi connectivity index (χ2n) is 11.8. The maximum Gasteiger partial charge on any atom is 0.316 e. The number of amides is 2. The highest BCUT2D eigenvalue weighted by Gasteiger charge is 2.44. The van der Waals surface area contributed by atoms with Crippen molar-refractivity contribution in [2.75, 3.05) is 52.5 Å². The van der Waals surface area contributed by atoms with Crippen molar-refractivity contribution in [3.05, 3.63) is 98.6 Å². The Morgan fingerprint density at radius 2 is 1.83 bits per heavy atom. The van der Waals surface area contributed by atoms with Gasteiger partial charge in [-0.2, -0.15) is 0 Å². The third kappa shape index (κ3) is 8.27. The fraction of sp³-hybridized carbons (Fsp3) is 0.457. The number of allylic oxidation sites excluding steroid dienone is 1. The minimum atomic E-state index is -0.692. The van der Waals surface area contributed by atoms with Gasteiger partial charge in [0.25, 0.3) is 5.69 Å². The van der Waals surface area contributed by atoms with E-state index in [1.54, 1.807) is 17.0 Å². The number of nitrogens with two attached hydrogens (primary N) is 1. The Kier molecular flexibility index (Phi) is 13.2. The lowest BCUT2D eigenvalue weighted by Crippen LogP contribution is -2.48. The summed E-state index contributed by atoms with van der Waals surface area (Å²) in [6.07, 6.45) is 3.78. The number of dihydropyridines is 1. The van der Waals surface area contributed by atoms with Crippen LogP contribution in [0.5, 0.6) is 0 Å². The number of hydrogen-bond donors (Lipinski definition) is 3. The van der Waals surface area contributed by atoms with Crippen molar-refractivity contribution in [2.24, 2.45) is 5.73 Å². The average Bonchev–Trinajstić information content (AvgIpc) is 3.11. The van der Waals surface area contributed by atoms with Crippen molar-refractivity contribution in [3.8, 4) is 0 Å². The lowest BCUT2D eigenvalue weighted by atomic mass is 9.72. The summed E-state index contributed by atoms with van der Waals surface area (Å²) in [6.45, 7) is 7.28. The molecule has 1 atom stereocenters. The molecule has 1 saturated heterocycles. The molecule has 1 unspecified atom stereocenters. The van der Waals surface area contributed by atoms with Gasteiger partial charge in [-0.3, -0.25) is 24.5 Å². The maximum absolute atomic E-state index is 13.2. The van der Waals surface area contributed by atoms with Crippen LogP contribution in [0.4, 0.5) is 5.69 Å². The van der Waals surface area contributed by atoms with Crippen LogP contribution in [0.25, 0.3) is 0 Å². The highest BCUT2D eigenvalue weighted by molar-refractivity contribution is 5.83. The van der Waals surface area contributed by atoms with Gasteiger partial charge in [-0.25, -0.2) is 0 Å². The number of rotatable bonds is 18. The molecule has 13 heteroatoms. The predicted octanol–water partition coefficient (Wildman–Crippen LogP) is 3.28. The highest BCUT2D eigenvalue weighted by Crippen LogP contribution is 2.40. The molecule has 2 aliphatic rings. The summed E-state index contributed by atoms with van der Waals surface area (Å²) in [4.78, 5) is 52.7. The SMILES string of the molecule is CCOC(=O)C1(c2ccccc2)CCN(CCCN(C=O)C2=C(COCCN)NC(CC)=C(NC=O)C2c2ccc([N+](=O)[O-])cc2)CC1. The van der Waals surface area contributed by atoms with E-state index in [2.05, 4.69) is 15.5 Å². The number of hydrogen-bond acceptors (Lipinski definition) is 10. The molecule has 2 aliphatic heterocycles. The zero-order valence-electron chi connectivity index (χ0n) is 27.7. The van der Waals surface area contributed by atoms with Crippen LogP contribution in [-0.2, 0) is 29.3 Å². The van der Waals surface area contributed by atoms with Gasteiger partial charge in [-0.05, 0) is 63.4 Å². The highest BCUT2D eigenvalue weighted by atomic mass is 16.6. The molecular weight excluding hydrogens is 616 g/mol. The van der Waals surface area contributed by atoms with Crippen molar-refractivity contribution < 1.29 is 28.8 Å². The monoisotopic (exact) mass is 662 g/mol. The summed E-state index contributed by atoms with van der Waals surface area (Å²) in [6, 6.07) is 15.9. The normalized spacial score (nSPS) is 17.8. The Bertz CT molecular complexity index is 1470. The van der Waals surface area contributed by atoms with Crippen LogP contribution in [0.3, 0.4) is 0 Å². The Hall–Kier alpha value is -4.59. The Labute approximate surface area is 281 Å². The molecule has 2 aromatic carbocycles. The molecule has 258 valence electrons. The van der Waals surface area contributed by atoms with Gasteiger partial charge >= 0.3 is 5.97 Å². The number of esters is 1. The zero-order chi connectivity index (χ0) is 34.5. The number of piperidine rings is 1. The van der Waals surface area contributed by atoms with Gasteiger partial charge in [0.15, 0.2) is 0 Å². The molecule has 48 heavy (non-hydrogen) atoms. The first kappa shape index (κ1) is 36.2. The van der Waals surface area contributed by atoms with Crippen molar-refractivity contribution in [1.82, 2.24) is 20.4 Å². The quantitative estimate of drug-likeness (QED) is 0.0708. The fourth-order valence-corrected chi connectivity index (χ4v) is 6.62. The van der Waals surface area contributed by atoms with Crippen LogP contribution in [0.15, 0.2) is 77.4 Å². The van der Waals surface area contributed by atoms with E-state index < -0.39 is 16.3 Å². The van der Waals surface area contributed by atoms with E-state index in [0.717, 1.165) is 17.7 Å². The number of nitrogens with zero attached hydrogens (tertiary/aromatic N) is 3. The van der Waals surface area contributed by atoms with E-state index in [0.29, 0.717) is 101 Å². The van der Waals surface area contributed by atoms with Crippen molar-refractivity contribution in [2.45, 2.75) is 50.9 Å². The molecule has 2 aromatic rings. The molecule has 0 saturated carbocycles. The standard InChI is InChI=1S/C35H46N6O7/c1-3-29-32(37-24-42)31(26-11-13-28(14-12-26)41(45)46)33(30(38-29)23-47-22-17-36)40(25-43)19-8-18-39-20-15-35(16-21-39,34(44)48-4-2)27-9-6-5-7-10-27/h5-7,9-14,24-25,31,38H,3-4,8,15-23,36H2,1-2H3,(H,37,42). The van der Waals surface area contributed by atoms with Gasteiger partial charge in [0.2, 0.25) is 12.8 Å². The fourth-order valence-electron chi connectivity index (χ4n) is 6.62. The molecule has 1 fully saturated rings. The average molecular weight is 663 g/mol. The first-order valence-electron chi connectivity index (χ1n) is 16.5. The molecule has 0 aromatic heterocycles. The van der Waals surface area contributed by atoms with Gasteiger partial charge in [0, 0.05) is 30.9 Å². The number of carbonyl (C=O) groups is 3. The van der Waals surface area contributed by atoms with E-state index in [1.807, 2.05) is 44.2 Å². The number of likely N-dealkylation sites (tertiary alicyclic amines) is 1. The molecule has 2 amide bonds. The summed E-state index contributed by atoms with van der Waals surface area (Å²) >= 11 is 0. The molecule has 0 bridgehead atoms. The molecule has 2 heterocycles. The molecule has 13 nitrogen and oxygen atoms in total. The van der Waals surface area contributed by atoms with Crippen LogP contribution in [0, 0.1) is 10.1 Å². The minimum absolute atomic E-state index is 0.0673. The van der Waals surface area contributed by atoms with Crippen LogP contribution >= 0.6 is 0 Å². The summed E-state index contributed by atoms with van der Waals surface area (Å²) in [5, 5.41) is 17.6. The van der Waals surface area contributed by atoms with Crippen LogP contribution in [0.2, 0.25) is 0 Å². The first-order valence-corrected chi connectivity index (χ1v) is 16.5. The zero-order valence-corrected chi connectivity index (χ0v) is 27.7. The minimum Gasteiger partial charge on any atom is -0.465 e. The van der Waals surface area contributed by atoms with Crippen molar-refractivity contribution >= 4 is 24.5 Å². The largest absolute Gasteiger partial charge is 0.465 e. The van der Waals surface area contributed by atoms with E-state index in [9.17, 15) is 24.5 Å². The number of nitro benzene ring substituents is 1. The Balaban J connectivity index is 1.57. The van der Waals surface area contributed by atoms with Crippen molar-refractivity contribution in [3.63, 3.8) is 0 Å². The molecule has 0 aliphatic carbocycles. The topological polar surface area (TPSA) is 169 Å². The van der Waals surface area contributed by atoms with E-state index in [1.165, 1.54) is 12.1 Å². The summed E-state index contributed by atoms with van der Waals surface area (Å²) in [5.41, 5.74) is 9.08. The maximum atomic E-state index is 13.2. The summed E-state index contributed by atoms with van der Waals surface area (Å²) in [7, 11) is 0. The number of ether oxygens (including phenoxy) is 2. The van der Waals surface area contributed by atoms with Crippen LogP contribution < -0.4 is 16.4 Å². The van der Waals surface area contributed by atoms with Gasteiger partial charge < -0.3 is 35.6 Å². The number of benzene rings is 2. The number of carbonyl (C=O) groups excluding carboxylic acids is 3. The smallest absolute Gasteiger partial charge is 0.316 e. The number of nitro groups is 1. The van der Waals surface area contributed by atoms with Crippen LogP contribution in [0.1, 0.15) is 56.6 Å². The Morgan fingerprint density at radius 3 is 2.42 bits per heavy atom. The van der Waals surface area contributed by atoms with Gasteiger partial charge in [0.05, 0.1) is 53.2 Å². The first-order chi connectivity index (χ1) is 23.3. The number of nitrogens with one attached hydrogen (secondary N) is 2. The summed E-state index contributed by atoms with van der Waals surface area (Å²) in [5.74, 6) is -0.805. The van der Waals surface area contributed by atoms with Crippen molar-refractivity contribution in [1.29, 1.82) is 0 Å². The van der Waals surface area contributed by atoms with Gasteiger partial charge in [0.1, 0.15) is 0 Å². The van der Waals surface area contributed by atoms with Gasteiger partial charge in [-0.15, -0.1) is 0 Å². The third-order valence-corrected chi connectivity index (χ3v) is 9.02. The second-order valence-corrected chi connectivity index (χ2v) is 11.8. The molecule has 0 radical (unpaired) electrons. The molecule has 4 rings (SSSR count). The summed E-state index contributed by atoms with van der Waals surface area (Å²) < 4.78 is 11.4. The van der Waals surface area contributed by atoms with Crippen LogP contribution in [-0.4, -0.2) is 86.1 Å². The van der Waals surface area contributed by atoms with Gasteiger partial charge in [-0.1, -0.05) is 49.4 Å². The molecule has 4 N–H and O–H groups in total. The second kappa shape index (κ2) is 17.5. The van der Waals surface area contributed by atoms with E-state index in [-0.39, 0.29) is 18.3 Å². The van der Waals surface area contributed by atoms with E-state index >= 15 is 0 Å². The molecule has 0 spiro atoms.